The van der Waals surface area contributed by atoms with E-state index in [1.165, 1.54) is 6.92 Å². The number of carbonyl (C=O) groups excluding carboxylic acids is 1. The first-order chi connectivity index (χ1) is 8.02. The highest BCUT2D eigenvalue weighted by atomic mass is 35.5. The topological polar surface area (TPSA) is 78.4 Å². The van der Waals surface area contributed by atoms with E-state index < -0.39 is 12.0 Å². The van der Waals surface area contributed by atoms with Gasteiger partial charge in [0.05, 0.1) is 0 Å². The maximum Gasteiger partial charge on any atom is 0.326 e. The summed E-state index contributed by atoms with van der Waals surface area (Å²) < 4.78 is 0. The summed E-state index contributed by atoms with van der Waals surface area (Å²) in [6.45, 7) is 1.31. The van der Waals surface area contributed by atoms with Crippen molar-refractivity contribution in [3.05, 3.63) is 29.8 Å². The first-order valence-corrected chi connectivity index (χ1v) is 5.29. The van der Waals surface area contributed by atoms with Crippen molar-refractivity contribution in [2.75, 3.05) is 12.4 Å². The molecule has 3 N–H and O–H groups in total. The highest BCUT2D eigenvalue weighted by molar-refractivity contribution is 5.85. The minimum absolute atomic E-state index is 0. The molecule has 0 aliphatic rings. The van der Waals surface area contributed by atoms with Gasteiger partial charge in [-0.05, 0) is 17.7 Å². The van der Waals surface area contributed by atoms with Crippen LogP contribution < -0.4 is 10.6 Å². The van der Waals surface area contributed by atoms with Gasteiger partial charge in [-0.3, -0.25) is 4.79 Å². The van der Waals surface area contributed by atoms with Crippen LogP contribution in [0.2, 0.25) is 0 Å². The van der Waals surface area contributed by atoms with Crippen LogP contribution in [0.5, 0.6) is 0 Å². The van der Waals surface area contributed by atoms with Gasteiger partial charge in [-0.2, -0.15) is 0 Å². The standard InChI is InChI=1S/C12H16N2O3.2ClH/c1-8(15)14-11(12(16)17)7-9-3-5-10(13-2)6-4-9;;/h3-6,11,13H,7H2,1-2H3,(H,14,15)(H,16,17);2*1H/t11-;;/m0../s1. The zero-order valence-corrected chi connectivity index (χ0v) is 12.3. The number of hydrogen-bond acceptors (Lipinski definition) is 3. The van der Waals surface area contributed by atoms with Gasteiger partial charge in [-0.1, -0.05) is 12.1 Å². The molecule has 108 valence electrons. The van der Waals surface area contributed by atoms with E-state index in [-0.39, 0.29) is 37.1 Å². The average Bonchev–Trinajstić information content (AvgIpc) is 2.28. The monoisotopic (exact) mass is 308 g/mol. The SMILES string of the molecule is CNc1ccc(C[C@H](NC(C)=O)C(=O)O)cc1.Cl.Cl. The number of rotatable bonds is 5. The summed E-state index contributed by atoms with van der Waals surface area (Å²) in [5.74, 6) is -1.37. The van der Waals surface area contributed by atoms with Crippen molar-refractivity contribution >= 4 is 42.4 Å². The average molecular weight is 309 g/mol. The number of benzene rings is 1. The zero-order valence-electron chi connectivity index (χ0n) is 10.7. The van der Waals surface area contributed by atoms with Gasteiger partial charge < -0.3 is 15.7 Å². The highest BCUT2D eigenvalue weighted by Gasteiger charge is 2.18. The van der Waals surface area contributed by atoms with Crippen molar-refractivity contribution in [1.29, 1.82) is 0 Å². The van der Waals surface area contributed by atoms with Crippen LogP contribution in [0, 0.1) is 0 Å². The van der Waals surface area contributed by atoms with Crippen molar-refractivity contribution < 1.29 is 14.7 Å². The Bertz CT molecular complexity index is 410. The molecule has 1 aromatic rings. The summed E-state index contributed by atoms with van der Waals surface area (Å²) >= 11 is 0. The maximum atomic E-state index is 10.9. The molecule has 0 fully saturated rings. The Hall–Kier alpha value is -1.46. The number of hydrogen-bond donors (Lipinski definition) is 3. The lowest BCUT2D eigenvalue weighted by molar-refractivity contribution is -0.141. The van der Waals surface area contributed by atoms with Crippen LogP contribution in [0.25, 0.3) is 0 Å². The third kappa shape index (κ3) is 6.88. The van der Waals surface area contributed by atoms with Crippen LogP contribution >= 0.6 is 24.8 Å². The van der Waals surface area contributed by atoms with Gasteiger partial charge in [0.1, 0.15) is 6.04 Å². The number of anilines is 1. The molecule has 1 aromatic carbocycles. The maximum absolute atomic E-state index is 10.9. The number of aliphatic carboxylic acids is 1. The van der Waals surface area contributed by atoms with Gasteiger partial charge in [0.15, 0.2) is 0 Å². The van der Waals surface area contributed by atoms with E-state index in [4.69, 9.17) is 5.11 Å². The van der Waals surface area contributed by atoms with Gasteiger partial charge in [0.25, 0.3) is 0 Å². The molecule has 0 radical (unpaired) electrons. The molecule has 7 heteroatoms. The Morgan fingerprint density at radius 1 is 1.21 bits per heavy atom. The lowest BCUT2D eigenvalue weighted by atomic mass is 10.1. The largest absolute Gasteiger partial charge is 0.480 e. The van der Waals surface area contributed by atoms with Gasteiger partial charge in [-0.25, -0.2) is 4.79 Å². The van der Waals surface area contributed by atoms with Crippen molar-refractivity contribution in [2.45, 2.75) is 19.4 Å². The van der Waals surface area contributed by atoms with Crippen LogP contribution in [0.15, 0.2) is 24.3 Å². The molecule has 0 aromatic heterocycles. The molecular weight excluding hydrogens is 291 g/mol. The molecule has 0 heterocycles. The zero-order chi connectivity index (χ0) is 12.8. The summed E-state index contributed by atoms with van der Waals surface area (Å²) in [4.78, 5) is 21.8. The second-order valence-electron chi connectivity index (χ2n) is 3.74. The smallest absolute Gasteiger partial charge is 0.326 e. The summed E-state index contributed by atoms with van der Waals surface area (Å²) in [5.41, 5.74) is 1.82. The second kappa shape index (κ2) is 9.47. The Labute approximate surface area is 124 Å². The molecule has 0 bridgehead atoms. The molecule has 0 saturated carbocycles. The molecule has 5 nitrogen and oxygen atoms in total. The molecule has 0 saturated heterocycles. The molecule has 0 aliphatic heterocycles. The molecule has 1 amide bonds. The number of carbonyl (C=O) groups is 2. The van der Waals surface area contributed by atoms with Gasteiger partial charge in [-0.15, -0.1) is 24.8 Å². The number of amides is 1. The third-order valence-corrected chi connectivity index (χ3v) is 2.36. The van der Waals surface area contributed by atoms with Crippen LogP contribution in [-0.2, 0) is 16.0 Å². The Morgan fingerprint density at radius 2 is 1.74 bits per heavy atom. The normalized spacial score (nSPS) is 10.4. The van der Waals surface area contributed by atoms with E-state index in [1.807, 2.05) is 31.3 Å². The van der Waals surface area contributed by atoms with Gasteiger partial charge >= 0.3 is 5.97 Å². The summed E-state index contributed by atoms with van der Waals surface area (Å²) in [6.07, 6.45) is 0.277. The molecule has 1 atom stereocenters. The molecule has 1 rings (SSSR count). The number of carboxylic acid groups (broad SMARTS) is 1. The molecular formula is C12H18Cl2N2O3. The van der Waals surface area contributed by atoms with Crippen LogP contribution in [0.3, 0.4) is 0 Å². The fraction of sp³-hybridized carbons (Fsp3) is 0.333. The fourth-order valence-electron chi connectivity index (χ4n) is 1.49. The van der Waals surface area contributed by atoms with Crippen LogP contribution in [0.1, 0.15) is 12.5 Å². The molecule has 0 aliphatic carbocycles. The van der Waals surface area contributed by atoms with E-state index in [1.54, 1.807) is 0 Å². The van der Waals surface area contributed by atoms with E-state index in [2.05, 4.69) is 10.6 Å². The van der Waals surface area contributed by atoms with Crippen molar-refractivity contribution in [3.63, 3.8) is 0 Å². The summed E-state index contributed by atoms with van der Waals surface area (Å²) in [6, 6.07) is 6.52. The lowest BCUT2D eigenvalue weighted by Gasteiger charge is -2.13. The lowest BCUT2D eigenvalue weighted by Crippen LogP contribution is -2.41. The number of nitrogens with one attached hydrogen (secondary N) is 2. The number of halogens is 2. The van der Waals surface area contributed by atoms with Crippen molar-refractivity contribution in [3.8, 4) is 0 Å². The van der Waals surface area contributed by atoms with Crippen LogP contribution in [0.4, 0.5) is 5.69 Å². The van der Waals surface area contributed by atoms with E-state index >= 15 is 0 Å². The first kappa shape index (κ1) is 19.9. The van der Waals surface area contributed by atoms with Gasteiger partial charge in [0, 0.05) is 26.1 Å². The molecule has 0 unspecified atom stereocenters. The van der Waals surface area contributed by atoms with Gasteiger partial charge in [0.2, 0.25) is 5.91 Å². The Kier molecular flexibility index (Phi) is 9.90. The predicted molar refractivity (Wildman–Crippen MR) is 79.4 cm³/mol. The quantitative estimate of drug-likeness (QED) is 0.773. The Morgan fingerprint density at radius 3 is 2.11 bits per heavy atom. The highest BCUT2D eigenvalue weighted by Crippen LogP contribution is 2.10. The third-order valence-electron chi connectivity index (χ3n) is 2.36. The van der Waals surface area contributed by atoms with E-state index in [9.17, 15) is 9.59 Å². The molecule has 19 heavy (non-hydrogen) atoms. The van der Waals surface area contributed by atoms with Crippen molar-refractivity contribution in [1.82, 2.24) is 5.32 Å². The van der Waals surface area contributed by atoms with Crippen LogP contribution in [-0.4, -0.2) is 30.1 Å². The fourth-order valence-corrected chi connectivity index (χ4v) is 1.49. The Balaban J connectivity index is 0. The summed E-state index contributed by atoms with van der Waals surface area (Å²) in [7, 11) is 1.81. The summed E-state index contributed by atoms with van der Waals surface area (Å²) in [5, 5.41) is 14.3. The van der Waals surface area contributed by atoms with E-state index in [0.717, 1.165) is 11.3 Å². The van der Waals surface area contributed by atoms with E-state index in [0.29, 0.717) is 0 Å². The second-order valence-corrected chi connectivity index (χ2v) is 3.74. The first-order valence-electron chi connectivity index (χ1n) is 5.29. The number of carboxylic acids is 1. The predicted octanol–water partition coefficient (Wildman–Crippen LogP) is 1.70. The van der Waals surface area contributed by atoms with Crippen molar-refractivity contribution in [2.24, 2.45) is 0 Å². The minimum atomic E-state index is -1.03. The molecule has 0 spiro atoms. The minimum Gasteiger partial charge on any atom is -0.480 e.